The average molecular weight is 328 g/mol. The number of thioether (sulfide) groups is 2. The molecule has 0 saturated carbocycles. The zero-order chi connectivity index (χ0) is 15.2. The molecule has 4 heteroatoms. The Kier molecular flexibility index (Phi) is 6.90. The van der Waals surface area contributed by atoms with E-state index in [4.69, 9.17) is 0 Å². The van der Waals surface area contributed by atoms with Crippen molar-refractivity contribution in [3.8, 4) is 0 Å². The van der Waals surface area contributed by atoms with Gasteiger partial charge in [-0.1, -0.05) is 32.9 Å². The summed E-state index contributed by atoms with van der Waals surface area (Å²) in [5.74, 6) is 1.06. The van der Waals surface area contributed by atoms with Crippen LogP contribution in [0.4, 0.5) is 4.39 Å². The SMILES string of the molecule is CCCNC(Cc1cccc(F)c1)C1CSC(C)C(C)S1. The fraction of sp³-hybridized carbons (Fsp3) is 0.647. The topological polar surface area (TPSA) is 12.0 Å². The fourth-order valence-electron chi connectivity index (χ4n) is 2.60. The Balaban J connectivity index is 2.03. The molecule has 21 heavy (non-hydrogen) atoms. The van der Waals surface area contributed by atoms with Gasteiger partial charge in [-0.05, 0) is 37.1 Å². The van der Waals surface area contributed by atoms with Crippen LogP contribution in [0.3, 0.4) is 0 Å². The van der Waals surface area contributed by atoms with Crippen LogP contribution in [0.25, 0.3) is 0 Å². The largest absolute Gasteiger partial charge is 0.313 e. The van der Waals surface area contributed by atoms with Crippen molar-refractivity contribution in [2.75, 3.05) is 12.3 Å². The number of rotatable bonds is 6. The molecule has 1 N–H and O–H groups in total. The Labute approximate surface area is 136 Å². The summed E-state index contributed by atoms with van der Waals surface area (Å²) in [5.41, 5.74) is 1.10. The standard InChI is InChI=1S/C17H26FNS2/c1-4-8-19-16(10-14-6-5-7-15(18)9-14)17-11-20-12(2)13(3)21-17/h5-7,9,12-13,16-17,19H,4,8,10-11H2,1-3H3. The van der Waals surface area contributed by atoms with Crippen molar-refractivity contribution in [3.63, 3.8) is 0 Å². The summed E-state index contributed by atoms with van der Waals surface area (Å²) in [4.78, 5) is 0. The summed E-state index contributed by atoms with van der Waals surface area (Å²) in [5, 5.41) is 5.71. The molecule has 1 nitrogen and oxygen atoms in total. The molecule has 0 amide bonds. The summed E-state index contributed by atoms with van der Waals surface area (Å²) in [6, 6.07) is 7.48. The normalized spacial score (nSPS) is 27.5. The van der Waals surface area contributed by atoms with Gasteiger partial charge >= 0.3 is 0 Å². The van der Waals surface area contributed by atoms with E-state index in [1.165, 1.54) is 11.8 Å². The van der Waals surface area contributed by atoms with Crippen molar-refractivity contribution in [1.82, 2.24) is 5.32 Å². The first-order chi connectivity index (χ1) is 10.1. The zero-order valence-electron chi connectivity index (χ0n) is 13.1. The molecule has 1 aromatic rings. The van der Waals surface area contributed by atoms with Gasteiger partial charge in [-0.3, -0.25) is 0 Å². The molecule has 1 heterocycles. The first-order valence-corrected chi connectivity index (χ1v) is 9.84. The van der Waals surface area contributed by atoms with Crippen LogP contribution in [-0.2, 0) is 6.42 Å². The lowest BCUT2D eigenvalue weighted by Crippen LogP contribution is -2.45. The van der Waals surface area contributed by atoms with E-state index in [2.05, 4.69) is 49.6 Å². The third kappa shape index (κ3) is 5.19. The van der Waals surface area contributed by atoms with Gasteiger partial charge < -0.3 is 5.32 Å². The highest BCUT2D eigenvalue weighted by Crippen LogP contribution is 2.37. The molecule has 4 unspecified atom stereocenters. The molecule has 1 aliphatic heterocycles. The number of nitrogens with one attached hydrogen (secondary N) is 1. The van der Waals surface area contributed by atoms with Gasteiger partial charge in [0.1, 0.15) is 5.82 Å². The molecule has 0 spiro atoms. The van der Waals surface area contributed by atoms with Gasteiger partial charge in [0.05, 0.1) is 0 Å². The maximum absolute atomic E-state index is 13.4. The predicted molar refractivity (Wildman–Crippen MR) is 94.9 cm³/mol. The molecule has 0 bridgehead atoms. The van der Waals surface area contributed by atoms with Crippen LogP contribution < -0.4 is 5.32 Å². The molecule has 1 aromatic carbocycles. The quantitative estimate of drug-likeness (QED) is 0.833. The maximum atomic E-state index is 13.4. The summed E-state index contributed by atoms with van der Waals surface area (Å²) in [6.07, 6.45) is 2.05. The minimum atomic E-state index is -0.130. The lowest BCUT2D eigenvalue weighted by molar-refractivity contribution is 0.502. The number of hydrogen-bond acceptors (Lipinski definition) is 3. The molecule has 0 aliphatic carbocycles. The van der Waals surface area contributed by atoms with Crippen LogP contribution in [0, 0.1) is 5.82 Å². The van der Waals surface area contributed by atoms with Crippen LogP contribution in [0.15, 0.2) is 24.3 Å². The van der Waals surface area contributed by atoms with Gasteiger partial charge in [0.25, 0.3) is 0 Å². The van der Waals surface area contributed by atoms with Gasteiger partial charge in [-0.25, -0.2) is 4.39 Å². The molecule has 0 radical (unpaired) electrons. The van der Waals surface area contributed by atoms with E-state index >= 15 is 0 Å². The second-order valence-corrected chi connectivity index (χ2v) is 8.84. The van der Waals surface area contributed by atoms with E-state index in [1.54, 1.807) is 6.07 Å². The third-order valence-corrected chi connectivity index (χ3v) is 7.58. The lowest BCUT2D eigenvalue weighted by atomic mass is 10.0. The Bertz CT molecular complexity index is 441. The number of halogens is 1. The van der Waals surface area contributed by atoms with E-state index in [9.17, 15) is 4.39 Å². The Hall–Kier alpha value is -0.190. The van der Waals surface area contributed by atoms with Crippen LogP contribution in [0.5, 0.6) is 0 Å². The van der Waals surface area contributed by atoms with E-state index in [-0.39, 0.29) is 5.82 Å². The number of hydrogen-bond donors (Lipinski definition) is 1. The van der Waals surface area contributed by atoms with Crippen molar-refractivity contribution in [3.05, 3.63) is 35.6 Å². The Morgan fingerprint density at radius 3 is 2.81 bits per heavy atom. The highest BCUT2D eigenvalue weighted by Gasteiger charge is 2.31. The second-order valence-electron chi connectivity index (χ2n) is 5.81. The fourth-order valence-corrected chi connectivity index (χ4v) is 5.73. The van der Waals surface area contributed by atoms with Crippen molar-refractivity contribution < 1.29 is 4.39 Å². The molecule has 1 fully saturated rings. The Morgan fingerprint density at radius 1 is 1.33 bits per heavy atom. The van der Waals surface area contributed by atoms with E-state index in [0.717, 1.165) is 30.2 Å². The summed E-state index contributed by atoms with van der Waals surface area (Å²) >= 11 is 4.17. The minimum absolute atomic E-state index is 0.130. The first-order valence-electron chi connectivity index (χ1n) is 7.85. The molecular weight excluding hydrogens is 301 g/mol. The maximum Gasteiger partial charge on any atom is 0.123 e. The highest BCUT2D eigenvalue weighted by molar-refractivity contribution is 8.07. The summed E-state index contributed by atoms with van der Waals surface area (Å²) in [6.45, 7) is 7.87. The molecule has 118 valence electrons. The second kappa shape index (κ2) is 8.44. The first kappa shape index (κ1) is 17.2. The molecule has 2 rings (SSSR count). The van der Waals surface area contributed by atoms with Crippen molar-refractivity contribution >= 4 is 23.5 Å². The van der Waals surface area contributed by atoms with Crippen LogP contribution in [0.1, 0.15) is 32.8 Å². The molecule has 1 aliphatic rings. The van der Waals surface area contributed by atoms with Gasteiger partial charge in [0, 0.05) is 27.5 Å². The van der Waals surface area contributed by atoms with E-state index < -0.39 is 0 Å². The summed E-state index contributed by atoms with van der Waals surface area (Å²) < 4.78 is 13.4. The molecular formula is C17H26FNS2. The Morgan fingerprint density at radius 2 is 2.14 bits per heavy atom. The molecule has 4 atom stereocenters. The van der Waals surface area contributed by atoms with Crippen molar-refractivity contribution in [2.24, 2.45) is 0 Å². The molecule has 0 aromatic heterocycles. The third-order valence-electron chi connectivity index (χ3n) is 4.02. The van der Waals surface area contributed by atoms with Crippen LogP contribution >= 0.6 is 23.5 Å². The van der Waals surface area contributed by atoms with Crippen molar-refractivity contribution in [2.45, 2.75) is 55.4 Å². The lowest BCUT2D eigenvalue weighted by Gasteiger charge is -2.36. The van der Waals surface area contributed by atoms with E-state index in [1.807, 2.05) is 12.1 Å². The van der Waals surface area contributed by atoms with E-state index in [0.29, 0.717) is 16.5 Å². The van der Waals surface area contributed by atoms with Gasteiger partial charge in [-0.2, -0.15) is 23.5 Å². The van der Waals surface area contributed by atoms with Crippen molar-refractivity contribution in [1.29, 1.82) is 0 Å². The molecule has 1 saturated heterocycles. The van der Waals surface area contributed by atoms with Gasteiger partial charge in [0.2, 0.25) is 0 Å². The minimum Gasteiger partial charge on any atom is -0.313 e. The smallest absolute Gasteiger partial charge is 0.123 e. The summed E-state index contributed by atoms with van der Waals surface area (Å²) in [7, 11) is 0. The van der Waals surface area contributed by atoms with Gasteiger partial charge in [-0.15, -0.1) is 0 Å². The van der Waals surface area contributed by atoms with Crippen LogP contribution in [-0.4, -0.2) is 34.1 Å². The monoisotopic (exact) mass is 327 g/mol. The van der Waals surface area contributed by atoms with Gasteiger partial charge in [0.15, 0.2) is 0 Å². The highest BCUT2D eigenvalue weighted by atomic mass is 32.2. The average Bonchev–Trinajstić information content (AvgIpc) is 2.46. The number of benzene rings is 1. The predicted octanol–water partition coefficient (Wildman–Crippen LogP) is 4.36. The van der Waals surface area contributed by atoms with Crippen LogP contribution in [0.2, 0.25) is 0 Å². The zero-order valence-corrected chi connectivity index (χ0v) is 14.8.